The quantitative estimate of drug-likeness (QED) is 0.326. The molecule has 0 bridgehead atoms. The van der Waals surface area contributed by atoms with Crippen LogP contribution in [0.25, 0.3) is 0 Å². The fourth-order valence-corrected chi connectivity index (χ4v) is 5.65. The fraction of sp³-hybridized carbons (Fsp3) is 0.516. The molecule has 1 aliphatic carbocycles. The third kappa shape index (κ3) is 7.82. The number of amides is 3. The predicted octanol–water partition coefficient (Wildman–Crippen LogP) is 7.19. The molecule has 234 valence electrons. The molecule has 0 unspecified atom stereocenters. The Balaban J connectivity index is 1.57. The Morgan fingerprint density at radius 3 is 2.33 bits per heavy atom. The van der Waals surface area contributed by atoms with Crippen molar-refractivity contribution in [3.05, 3.63) is 63.6 Å². The number of anilines is 1. The maximum atomic E-state index is 13.3. The minimum atomic E-state index is -5.04. The molecule has 8 nitrogen and oxygen atoms in total. The number of cyclic esters (lactones) is 1. The maximum Gasteiger partial charge on any atom is 0.471 e. The summed E-state index contributed by atoms with van der Waals surface area (Å²) in [6.45, 7) is 11.8. The summed E-state index contributed by atoms with van der Waals surface area (Å²) in [6, 6.07) is 11.9. The van der Waals surface area contributed by atoms with Crippen molar-refractivity contribution in [3.63, 3.8) is 0 Å². The molecule has 1 heterocycles. The lowest BCUT2D eigenvalue weighted by Gasteiger charge is -2.29. The van der Waals surface area contributed by atoms with E-state index in [-0.39, 0.29) is 28.5 Å². The third-order valence-electron chi connectivity index (χ3n) is 7.49. The van der Waals surface area contributed by atoms with Gasteiger partial charge < -0.3 is 20.1 Å². The molecule has 4 rings (SSSR count). The summed E-state index contributed by atoms with van der Waals surface area (Å²) in [5.74, 6) is -2.09. The van der Waals surface area contributed by atoms with Crippen LogP contribution in [0.2, 0.25) is 0 Å². The summed E-state index contributed by atoms with van der Waals surface area (Å²) in [5, 5.41) is 4.66. The van der Waals surface area contributed by atoms with Crippen LogP contribution in [0.15, 0.2) is 46.9 Å². The number of alkyl halides is 3. The molecule has 1 saturated carbocycles. The van der Waals surface area contributed by atoms with Gasteiger partial charge in [-0.15, -0.1) is 0 Å². The Morgan fingerprint density at radius 1 is 1.09 bits per heavy atom. The lowest BCUT2D eigenvalue weighted by atomic mass is 9.85. The first-order chi connectivity index (χ1) is 19.8. The van der Waals surface area contributed by atoms with Crippen molar-refractivity contribution < 1.29 is 37.0 Å². The van der Waals surface area contributed by atoms with E-state index in [1.807, 2.05) is 17.4 Å². The molecular formula is C31H37BrF3N3O5. The number of carbonyl (C=O) groups is 3. The number of nitrogens with one attached hydrogen (secondary N) is 2. The van der Waals surface area contributed by atoms with Crippen LogP contribution in [-0.4, -0.2) is 53.5 Å². The van der Waals surface area contributed by atoms with E-state index in [2.05, 4.69) is 54.2 Å². The van der Waals surface area contributed by atoms with Crippen molar-refractivity contribution in [2.45, 2.75) is 95.7 Å². The van der Waals surface area contributed by atoms with E-state index >= 15 is 0 Å². The molecule has 2 aromatic rings. The van der Waals surface area contributed by atoms with Crippen LogP contribution in [0.4, 0.5) is 28.4 Å². The van der Waals surface area contributed by atoms with E-state index in [0.717, 1.165) is 24.0 Å². The smallest absolute Gasteiger partial charge is 0.444 e. The van der Waals surface area contributed by atoms with Gasteiger partial charge in [-0.25, -0.2) is 9.59 Å². The zero-order valence-electron chi connectivity index (χ0n) is 25.0. The predicted molar refractivity (Wildman–Crippen MR) is 159 cm³/mol. The van der Waals surface area contributed by atoms with Crippen LogP contribution >= 0.6 is 15.9 Å². The lowest BCUT2D eigenvalue weighted by molar-refractivity contribution is -0.167. The van der Waals surface area contributed by atoms with E-state index in [9.17, 15) is 27.6 Å². The Bertz CT molecular complexity index is 1400. The van der Waals surface area contributed by atoms with E-state index < -0.39 is 47.6 Å². The largest absolute Gasteiger partial charge is 0.471 e. The molecule has 0 aromatic heterocycles. The number of nitrogens with zero attached hydrogens (tertiary/aromatic N) is 1. The Morgan fingerprint density at radius 2 is 1.77 bits per heavy atom. The highest BCUT2D eigenvalue weighted by Gasteiger charge is 2.56. The van der Waals surface area contributed by atoms with Gasteiger partial charge in [0.1, 0.15) is 11.7 Å². The lowest BCUT2D eigenvalue weighted by Crippen LogP contribution is -2.48. The molecule has 0 spiro atoms. The van der Waals surface area contributed by atoms with Crippen LogP contribution in [0.3, 0.4) is 0 Å². The van der Waals surface area contributed by atoms with E-state index in [0.29, 0.717) is 5.56 Å². The highest BCUT2D eigenvalue weighted by Crippen LogP contribution is 2.53. The topological polar surface area (TPSA) is 97.0 Å². The monoisotopic (exact) mass is 667 g/mol. The SMILES string of the molecule is CC(C)(C)OC(=O)N[C@@H](Cc1ccc(NC(=O)C(F)(F)F)c(Br)c1)[C@H]1CN(C2(c3cccc(C(C)(C)C)c3)CC2)C(=O)O1. The Hall–Kier alpha value is -3.28. The molecule has 2 aromatic carbocycles. The summed E-state index contributed by atoms with van der Waals surface area (Å²) in [5.41, 5.74) is 1.41. The Kier molecular flexibility index (Phi) is 8.85. The van der Waals surface area contributed by atoms with Gasteiger partial charge in [-0.1, -0.05) is 51.1 Å². The van der Waals surface area contributed by atoms with Crippen molar-refractivity contribution in [2.75, 3.05) is 11.9 Å². The van der Waals surface area contributed by atoms with Gasteiger partial charge >= 0.3 is 24.3 Å². The van der Waals surface area contributed by atoms with Crippen molar-refractivity contribution in [2.24, 2.45) is 0 Å². The summed E-state index contributed by atoms with van der Waals surface area (Å²) in [4.78, 5) is 39.3. The number of hydrogen-bond acceptors (Lipinski definition) is 5. The van der Waals surface area contributed by atoms with Gasteiger partial charge in [0, 0.05) is 4.47 Å². The zero-order chi connectivity index (χ0) is 32.0. The van der Waals surface area contributed by atoms with E-state index in [1.54, 1.807) is 31.7 Å². The molecule has 1 aliphatic heterocycles. The van der Waals surface area contributed by atoms with Gasteiger partial charge in [0.25, 0.3) is 0 Å². The van der Waals surface area contributed by atoms with Crippen LogP contribution in [0, 0.1) is 0 Å². The molecule has 2 N–H and O–H groups in total. The van der Waals surface area contributed by atoms with E-state index in [1.165, 1.54) is 12.1 Å². The molecule has 2 aliphatic rings. The number of halogens is 4. The molecule has 12 heteroatoms. The number of ether oxygens (including phenoxy) is 2. The number of hydrogen-bond donors (Lipinski definition) is 2. The van der Waals surface area contributed by atoms with Crippen LogP contribution in [0.5, 0.6) is 0 Å². The van der Waals surface area contributed by atoms with Crippen LogP contribution < -0.4 is 10.6 Å². The highest BCUT2D eigenvalue weighted by atomic mass is 79.9. The van der Waals surface area contributed by atoms with Gasteiger partial charge in [0.15, 0.2) is 0 Å². The summed E-state index contributed by atoms with van der Waals surface area (Å²) in [7, 11) is 0. The second-order valence-corrected chi connectivity index (χ2v) is 14.0. The summed E-state index contributed by atoms with van der Waals surface area (Å²) in [6.07, 6.45) is -5.21. The van der Waals surface area contributed by atoms with Gasteiger partial charge in [-0.2, -0.15) is 13.2 Å². The summed E-state index contributed by atoms with van der Waals surface area (Å²) < 4.78 is 49.7. The summed E-state index contributed by atoms with van der Waals surface area (Å²) >= 11 is 3.22. The third-order valence-corrected chi connectivity index (χ3v) is 8.14. The molecule has 2 fully saturated rings. The van der Waals surface area contributed by atoms with Crippen molar-refractivity contribution in [1.29, 1.82) is 0 Å². The van der Waals surface area contributed by atoms with Crippen molar-refractivity contribution in [1.82, 2.24) is 10.2 Å². The minimum Gasteiger partial charge on any atom is -0.444 e. The van der Waals surface area contributed by atoms with Crippen molar-refractivity contribution in [3.8, 4) is 0 Å². The average molecular weight is 669 g/mol. The second-order valence-electron chi connectivity index (χ2n) is 13.1. The zero-order valence-corrected chi connectivity index (χ0v) is 26.6. The number of carbonyl (C=O) groups excluding carboxylic acids is 3. The van der Waals surface area contributed by atoms with Gasteiger partial charge in [-0.05, 0) is 90.2 Å². The second kappa shape index (κ2) is 11.7. The number of alkyl carbamates (subject to hydrolysis) is 1. The molecule has 0 radical (unpaired) electrons. The normalized spacial score (nSPS) is 19.0. The van der Waals surface area contributed by atoms with E-state index in [4.69, 9.17) is 9.47 Å². The molecule has 2 atom stereocenters. The first kappa shape index (κ1) is 32.6. The Labute approximate surface area is 257 Å². The average Bonchev–Trinajstić information content (AvgIpc) is 3.58. The van der Waals surface area contributed by atoms with Crippen molar-refractivity contribution >= 4 is 39.7 Å². The fourth-order valence-electron chi connectivity index (χ4n) is 5.12. The molecule has 1 saturated heterocycles. The van der Waals surface area contributed by atoms with Gasteiger partial charge in [0.05, 0.1) is 23.8 Å². The van der Waals surface area contributed by atoms with Gasteiger partial charge in [0.2, 0.25) is 0 Å². The number of benzene rings is 2. The van der Waals surface area contributed by atoms with Gasteiger partial charge in [-0.3, -0.25) is 9.69 Å². The highest BCUT2D eigenvalue weighted by molar-refractivity contribution is 9.10. The minimum absolute atomic E-state index is 0.0608. The molecule has 43 heavy (non-hydrogen) atoms. The molecule has 3 amide bonds. The molecular weight excluding hydrogens is 631 g/mol. The maximum absolute atomic E-state index is 13.3. The first-order valence-electron chi connectivity index (χ1n) is 14.0. The van der Waals surface area contributed by atoms with Crippen LogP contribution in [-0.2, 0) is 31.6 Å². The number of rotatable bonds is 7. The standard InChI is InChI=1S/C31H37BrF3N3O5/c1-28(2,3)19-8-7-9-20(16-19)30(12-13-30)38-17-24(42-27(38)41)23(37-26(40)43-29(4,5)6)15-18-10-11-22(21(32)14-18)36-25(39)31(33,34)35/h7-11,14,16,23-24H,12-13,15,17H2,1-6H3,(H,36,39)(H,37,40)/t23-,24+/m0/s1. The van der Waals surface area contributed by atoms with Crippen LogP contribution in [0.1, 0.15) is 71.1 Å². The first-order valence-corrected chi connectivity index (χ1v) is 14.8.